The summed E-state index contributed by atoms with van der Waals surface area (Å²) >= 11 is 0. The highest BCUT2D eigenvalue weighted by atomic mass is 16.5. The van der Waals surface area contributed by atoms with Gasteiger partial charge in [-0.15, -0.1) is 0 Å². The summed E-state index contributed by atoms with van der Waals surface area (Å²) in [6.07, 6.45) is 2.48. The maximum atomic E-state index is 5.60. The van der Waals surface area contributed by atoms with Crippen LogP contribution in [0.25, 0.3) is 0 Å². The SMILES string of the molecule is CN(CC1CCCOC1)c1ccc(CN)cc1. The van der Waals surface area contributed by atoms with E-state index in [0.29, 0.717) is 12.5 Å². The van der Waals surface area contributed by atoms with E-state index in [0.717, 1.165) is 19.8 Å². The minimum Gasteiger partial charge on any atom is -0.381 e. The van der Waals surface area contributed by atoms with Gasteiger partial charge in [0.15, 0.2) is 0 Å². The van der Waals surface area contributed by atoms with Crippen LogP contribution in [0.5, 0.6) is 0 Å². The Morgan fingerprint density at radius 1 is 1.35 bits per heavy atom. The van der Waals surface area contributed by atoms with Gasteiger partial charge in [0, 0.05) is 32.4 Å². The summed E-state index contributed by atoms with van der Waals surface area (Å²) in [5.74, 6) is 0.669. The van der Waals surface area contributed by atoms with Gasteiger partial charge in [-0.3, -0.25) is 0 Å². The zero-order valence-electron chi connectivity index (χ0n) is 10.6. The number of ether oxygens (including phenoxy) is 1. The lowest BCUT2D eigenvalue weighted by molar-refractivity contribution is 0.0576. The fourth-order valence-electron chi connectivity index (χ4n) is 2.33. The molecule has 1 aromatic carbocycles. The van der Waals surface area contributed by atoms with E-state index in [1.54, 1.807) is 0 Å². The van der Waals surface area contributed by atoms with Gasteiger partial charge < -0.3 is 15.4 Å². The van der Waals surface area contributed by atoms with Gasteiger partial charge in [0.2, 0.25) is 0 Å². The van der Waals surface area contributed by atoms with Gasteiger partial charge >= 0.3 is 0 Å². The number of rotatable bonds is 4. The van der Waals surface area contributed by atoms with E-state index in [1.807, 2.05) is 0 Å². The number of anilines is 1. The highest BCUT2D eigenvalue weighted by Gasteiger charge is 2.15. The Labute approximate surface area is 104 Å². The van der Waals surface area contributed by atoms with Crippen molar-refractivity contribution in [3.05, 3.63) is 29.8 Å². The Morgan fingerprint density at radius 3 is 2.71 bits per heavy atom. The first-order valence-corrected chi connectivity index (χ1v) is 6.37. The van der Waals surface area contributed by atoms with Crippen LogP contribution in [0.1, 0.15) is 18.4 Å². The molecule has 1 saturated heterocycles. The molecular weight excluding hydrogens is 212 g/mol. The molecule has 1 unspecified atom stereocenters. The van der Waals surface area contributed by atoms with Crippen LogP contribution in [0.2, 0.25) is 0 Å². The molecule has 0 amide bonds. The topological polar surface area (TPSA) is 38.5 Å². The molecule has 3 nitrogen and oxygen atoms in total. The largest absolute Gasteiger partial charge is 0.381 e. The maximum Gasteiger partial charge on any atom is 0.0511 e. The van der Waals surface area contributed by atoms with Crippen molar-refractivity contribution in [2.45, 2.75) is 19.4 Å². The van der Waals surface area contributed by atoms with Crippen LogP contribution in [0, 0.1) is 5.92 Å². The van der Waals surface area contributed by atoms with Gasteiger partial charge in [0.25, 0.3) is 0 Å². The predicted molar refractivity (Wildman–Crippen MR) is 71.1 cm³/mol. The lowest BCUT2D eigenvalue weighted by Gasteiger charge is -2.28. The van der Waals surface area contributed by atoms with Crippen molar-refractivity contribution in [3.63, 3.8) is 0 Å². The van der Waals surface area contributed by atoms with Crippen molar-refractivity contribution in [1.29, 1.82) is 0 Å². The third kappa shape index (κ3) is 3.45. The van der Waals surface area contributed by atoms with Crippen molar-refractivity contribution in [2.24, 2.45) is 11.7 Å². The number of nitrogens with two attached hydrogens (primary N) is 1. The summed E-state index contributed by atoms with van der Waals surface area (Å²) in [6, 6.07) is 8.49. The molecule has 0 bridgehead atoms. The van der Waals surface area contributed by atoms with Crippen LogP contribution in [-0.4, -0.2) is 26.8 Å². The first-order valence-electron chi connectivity index (χ1n) is 6.37. The van der Waals surface area contributed by atoms with Crippen LogP contribution in [0.4, 0.5) is 5.69 Å². The van der Waals surface area contributed by atoms with E-state index in [-0.39, 0.29) is 0 Å². The molecule has 0 aliphatic carbocycles. The Hall–Kier alpha value is -1.06. The average Bonchev–Trinajstić information content (AvgIpc) is 2.40. The molecule has 2 rings (SSSR count). The molecule has 17 heavy (non-hydrogen) atoms. The van der Waals surface area contributed by atoms with Crippen molar-refractivity contribution in [3.8, 4) is 0 Å². The molecule has 0 saturated carbocycles. The Morgan fingerprint density at radius 2 is 2.12 bits per heavy atom. The highest BCUT2D eigenvalue weighted by Crippen LogP contribution is 2.19. The van der Waals surface area contributed by atoms with Crippen molar-refractivity contribution >= 4 is 5.69 Å². The first kappa shape index (κ1) is 12.4. The molecule has 0 radical (unpaired) electrons. The standard InChI is InChI=1S/C14H22N2O/c1-16(10-13-3-2-8-17-11-13)14-6-4-12(9-15)5-7-14/h4-7,13H,2-3,8-11,15H2,1H3. The molecule has 1 aliphatic rings. The molecule has 1 aliphatic heterocycles. The van der Waals surface area contributed by atoms with Crippen molar-refractivity contribution < 1.29 is 4.74 Å². The fourth-order valence-corrected chi connectivity index (χ4v) is 2.33. The molecule has 3 heteroatoms. The summed E-state index contributed by atoms with van der Waals surface area (Å²) in [4.78, 5) is 2.31. The van der Waals surface area contributed by atoms with E-state index in [1.165, 1.54) is 24.1 Å². The van der Waals surface area contributed by atoms with Crippen LogP contribution >= 0.6 is 0 Å². The monoisotopic (exact) mass is 234 g/mol. The summed E-state index contributed by atoms with van der Waals surface area (Å²) < 4.78 is 5.51. The minimum absolute atomic E-state index is 0.612. The zero-order chi connectivity index (χ0) is 12.1. The number of hydrogen-bond acceptors (Lipinski definition) is 3. The second-order valence-corrected chi connectivity index (χ2v) is 4.83. The van der Waals surface area contributed by atoms with Crippen molar-refractivity contribution in [1.82, 2.24) is 0 Å². The molecule has 0 aromatic heterocycles. The van der Waals surface area contributed by atoms with Crippen LogP contribution in [0.3, 0.4) is 0 Å². The summed E-state index contributed by atoms with van der Waals surface area (Å²) in [5, 5.41) is 0. The van der Waals surface area contributed by atoms with E-state index >= 15 is 0 Å². The maximum absolute atomic E-state index is 5.60. The second-order valence-electron chi connectivity index (χ2n) is 4.83. The first-order chi connectivity index (χ1) is 8.29. The van der Waals surface area contributed by atoms with E-state index in [9.17, 15) is 0 Å². The average molecular weight is 234 g/mol. The lowest BCUT2D eigenvalue weighted by Crippen LogP contribution is -2.30. The van der Waals surface area contributed by atoms with Gasteiger partial charge in [0.05, 0.1) is 6.61 Å². The van der Waals surface area contributed by atoms with Gasteiger partial charge in [-0.05, 0) is 36.5 Å². The minimum atomic E-state index is 0.612. The number of benzene rings is 1. The van der Waals surface area contributed by atoms with Crippen molar-refractivity contribution in [2.75, 3.05) is 31.7 Å². The van der Waals surface area contributed by atoms with Gasteiger partial charge in [-0.25, -0.2) is 0 Å². The third-order valence-corrected chi connectivity index (χ3v) is 3.40. The Kier molecular flexibility index (Phi) is 4.40. The van der Waals surface area contributed by atoms with Crippen LogP contribution < -0.4 is 10.6 Å². The Bertz CT molecular complexity index is 331. The van der Waals surface area contributed by atoms with Gasteiger partial charge in [-0.1, -0.05) is 12.1 Å². The second kappa shape index (κ2) is 6.03. The normalized spacial score (nSPS) is 20.2. The van der Waals surface area contributed by atoms with Gasteiger partial charge in [-0.2, -0.15) is 0 Å². The molecular formula is C14H22N2O. The number of hydrogen-bond donors (Lipinski definition) is 1. The molecule has 2 N–H and O–H groups in total. The molecule has 1 fully saturated rings. The molecule has 1 aromatic rings. The fraction of sp³-hybridized carbons (Fsp3) is 0.571. The quantitative estimate of drug-likeness (QED) is 0.866. The van der Waals surface area contributed by atoms with Crippen LogP contribution in [0.15, 0.2) is 24.3 Å². The van der Waals surface area contributed by atoms with Crippen LogP contribution in [-0.2, 0) is 11.3 Å². The molecule has 1 atom stereocenters. The summed E-state index contributed by atoms with van der Waals surface area (Å²) in [7, 11) is 2.14. The summed E-state index contributed by atoms with van der Waals surface area (Å²) in [6.45, 7) is 3.53. The van der Waals surface area contributed by atoms with E-state index < -0.39 is 0 Å². The van der Waals surface area contributed by atoms with Gasteiger partial charge in [0.1, 0.15) is 0 Å². The predicted octanol–water partition coefficient (Wildman–Crippen LogP) is 2.01. The van der Waals surface area contributed by atoms with E-state index in [2.05, 4.69) is 36.2 Å². The smallest absolute Gasteiger partial charge is 0.0511 e. The molecule has 1 heterocycles. The zero-order valence-corrected chi connectivity index (χ0v) is 10.6. The van der Waals surface area contributed by atoms with E-state index in [4.69, 9.17) is 10.5 Å². The molecule has 0 spiro atoms. The third-order valence-electron chi connectivity index (χ3n) is 3.40. The highest BCUT2D eigenvalue weighted by molar-refractivity contribution is 5.46. The summed E-state index contributed by atoms with van der Waals surface area (Å²) in [5.41, 5.74) is 8.04. The Balaban J connectivity index is 1.91. The molecule has 94 valence electrons. The number of nitrogens with zero attached hydrogens (tertiary/aromatic N) is 1. The lowest BCUT2D eigenvalue weighted by atomic mass is 10.0.